The summed E-state index contributed by atoms with van der Waals surface area (Å²) in [5, 5.41) is 4.24. The van der Waals surface area contributed by atoms with Gasteiger partial charge in [-0.2, -0.15) is 0 Å². The van der Waals surface area contributed by atoms with Gasteiger partial charge < -0.3 is 19.9 Å². The van der Waals surface area contributed by atoms with Crippen molar-refractivity contribution in [2.45, 2.75) is 13.1 Å². The summed E-state index contributed by atoms with van der Waals surface area (Å²) in [7, 11) is 3.84. The maximum Gasteiger partial charge on any atom is 0.193 e. The molecule has 152 valence electrons. The van der Waals surface area contributed by atoms with Crippen LogP contribution in [-0.4, -0.2) is 51.3 Å². The van der Waals surface area contributed by atoms with E-state index in [4.69, 9.17) is 16.3 Å². The second kappa shape index (κ2) is 11.5. The molecule has 7 heteroatoms. The molecule has 0 bridgehead atoms. The quantitative estimate of drug-likeness (QED) is 0.372. The van der Waals surface area contributed by atoms with E-state index < -0.39 is 0 Å². The molecule has 1 fully saturated rings. The highest BCUT2D eigenvalue weighted by Gasteiger charge is 2.15. The number of hydrogen-bond acceptors (Lipinski definition) is 3. The van der Waals surface area contributed by atoms with Gasteiger partial charge in [-0.25, -0.2) is 0 Å². The summed E-state index contributed by atoms with van der Waals surface area (Å²) >= 11 is 6.10. The van der Waals surface area contributed by atoms with Crippen molar-refractivity contribution >= 4 is 47.2 Å². The summed E-state index contributed by atoms with van der Waals surface area (Å²) in [5.41, 5.74) is 3.68. The first kappa shape index (κ1) is 22.8. The maximum atomic E-state index is 6.10. The zero-order chi connectivity index (χ0) is 19.1. The second-order valence-electron chi connectivity index (χ2n) is 6.61. The van der Waals surface area contributed by atoms with Gasteiger partial charge in [-0.05, 0) is 29.3 Å². The maximum absolute atomic E-state index is 6.10. The van der Waals surface area contributed by atoms with Gasteiger partial charge in [0.2, 0.25) is 0 Å². The molecule has 0 radical (unpaired) electrons. The molecule has 1 aliphatic heterocycles. The van der Waals surface area contributed by atoms with E-state index in [0.29, 0.717) is 0 Å². The number of rotatable bonds is 5. The largest absolute Gasteiger partial charge is 0.378 e. The molecule has 2 aromatic carbocycles. The van der Waals surface area contributed by atoms with E-state index in [2.05, 4.69) is 50.4 Å². The molecule has 0 amide bonds. The number of nitrogens with zero attached hydrogens (tertiary/aromatic N) is 3. The number of para-hydroxylation sites is 1. The zero-order valence-electron chi connectivity index (χ0n) is 16.4. The highest BCUT2D eigenvalue weighted by Crippen LogP contribution is 2.21. The summed E-state index contributed by atoms with van der Waals surface area (Å²) in [5.74, 6) is 0.853. The van der Waals surface area contributed by atoms with Crippen molar-refractivity contribution in [2.24, 2.45) is 4.99 Å². The van der Waals surface area contributed by atoms with Crippen LogP contribution in [-0.2, 0) is 17.8 Å². The Hall–Kier alpha value is -1.51. The van der Waals surface area contributed by atoms with Gasteiger partial charge in [-0.1, -0.05) is 41.9 Å². The number of nitrogens with one attached hydrogen (secondary N) is 1. The predicted octanol–water partition coefficient (Wildman–Crippen LogP) is 4.00. The van der Waals surface area contributed by atoms with Crippen molar-refractivity contribution in [2.75, 3.05) is 45.3 Å². The minimum absolute atomic E-state index is 0. The molecule has 0 spiro atoms. The fraction of sp³-hybridized carbons (Fsp3) is 0.381. The average Bonchev–Trinajstić information content (AvgIpc) is 2.69. The minimum Gasteiger partial charge on any atom is -0.378 e. The van der Waals surface area contributed by atoms with Crippen molar-refractivity contribution in [1.82, 2.24) is 10.2 Å². The molecule has 5 nitrogen and oxygen atoms in total. The standard InChI is InChI=1S/C21H27ClN4O.HI/c1-23-21(25(2)16-17-6-5-8-19(22)14-17)24-15-18-7-3-4-9-20(18)26-10-12-27-13-11-26;/h3-9,14H,10-13,15-16H2,1-2H3,(H,23,24);1H. The van der Waals surface area contributed by atoms with Crippen molar-refractivity contribution in [1.29, 1.82) is 0 Å². The Morgan fingerprint density at radius 2 is 1.93 bits per heavy atom. The minimum atomic E-state index is 0. The van der Waals surface area contributed by atoms with Crippen molar-refractivity contribution in [3.63, 3.8) is 0 Å². The predicted molar refractivity (Wildman–Crippen MR) is 128 cm³/mol. The van der Waals surface area contributed by atoms with Crippen LogP contribution < -0.4 is 10.2 Å². The number of morpholine rings is 1. The zero-order valence-corrected chi connectivity index (χ0v) is 19.5. The SMILES string of the molecule is CN=C(NCc1ccccc1N1CCOCC1)N(C)Cc1cccc(Cl)c1.I. The fourth-order valence-electron chi connectivity index (χ4n) is 3.32. The Balaban J connectivity index is 0.00000280. The average molecular weight is 515 g/mol. The number of ether oxygens (including phenoxy) is 1. The first-order chi connectivity index (χ1) is 13.2. The second-order valence-corrected chi connectivity index (χ2v) is 7.05. The summed E-state index contributed by atoms with van der Waals surface area (Å²) in [6.45, 7) is 4.89. The molecule has 0 aliphatic carbocycles. The van der Waals surface area contributed by atoms with Gasteiger partial charge in [0.1, 0.15) is 0 Å². The summed E-state index contributed by atoms with van der Waals surface area (Å²) in [6, 6.07) is 16.4. The number of guanidine groups is 1. The van der Waals surface area contributed by atoms with E-state index in [0.717, 1.165) is 55.9 Å². The molecule has 0 atom stereocenters. The van der Waals surface area contributed by atoms with Gasteiger partial charge in [-0.3, -0.25) is 4.99 Å². The van der Waals surface area contributed by atoms with Crippen LogP contribution in [0.4, 0.5) is 5.69 Å². The monoisotopic (exact) mass is 514 g/mol. The first-order valence-corrected chi connectivity index (χ1v) is 9.62. The van der Waals surface area contributed by atoms with Gasteiger partial charge in [0.15, 0.2) is 5.96 Å². The van der Waals surface area contributed by atoms with Crippen LogP contribution in [0.5, 0.6) is 0 Å². The molecule has 0 saturated carbocycles. The topological polar surface area (TPSA) is 40.1 Å². The first-order valence-electron chi connectivity index (χ1n) is 9.24. The molecule has 28 heavy (non-hydrogen) atoms. The van der Waals surface area contributed by atoms with Gasteiger partial charge in [-0.15, -0.1) is 24.0 Å². The van der Waals surface area contributed by atoms with Crippen molar-refractivity contribution in [3.05, 3.63) is 64.7 Å². The number of aliphatic imine (C=N–C) groups is 1. The van der Waals surface area contributed by atoms with Crippen molar-refractivity contribution in [3.8, 4) is 0 Å². The van der Waals surface area contributed by atoms with Crippen LogP contribution in [0.2, 0.25) is 5.02 Å². The Bertz CT molecular complexity index is 781. The fourth-order valence-corrected chi connectivity index (χ4v) is 3.53. The van der Waals surface area contributed by atoms with Gasteiger partial charge >= 0.3 is 0 Å². The Morgan fingerprint density at radius 1 is 1.18 bits per heavy atom. The van der Waals surface area contributed by atoms with E-state index in [1.54, 1.807) is 0 Å². The lowest BCUT2D eigenvalue weighted by Crippen LogP contribution is -2.39. The highest BCUT2D eigenvalue weighted by molar-refractivity contribution is 14.0. The van der Waals surface area contributed by atoms with Crippen LogP contribution in [0.15, 0.2) is 53.5 Å². The van der Waals surface area contributed by atoms with Gasteiger partial charge in [0.05, 0.1) is 13.2 Å². The summed E-state index contributed by atoms with van der Waals surface area (Å²) < 4.78 is 5.48. The van der Waals surface area contributed by atoms with Gasteiger partial charge in [0.25, 0.3) is 0 Å². The Morgan fingerprint density at radius 3 is 2.64 bits per heavy atom. The molecule has 1 saturated heterocycles. The lowest BCUT2D eigenvalue weighted by atomic mass is 10.1. The summed E-state index contributed by atoms with van der Waals surface area (Å²) in [6.07, 6.45) is 0. The molecule has 0 unspecified atom stereocenters. The number of benzene rings is 2. The summed E-state index contributed by atoms with van der Waals surface area (Å²) in [4.78, 5) is 8.92. The van der Waals surface area contributed by atoms with E-state index in [1.807, 2.05) is 32.3 Å². The molecule has 0 aromatic heterocycles. The Kier molecular flexibility index (Phi) is 9.34. The lowest BCUT2D eigenvalue weighted by Gasteiger charge is -2.31. The van der Waals surface area contributed by atoms with Crippen LogP contribution in [0.25, 0.3) is 0 Å². The molecule has 1 N–H and O–H groups in total. The van der Waals surface area contributed by atoms with Crippen LogP contribution in [0.1, 0.15) is 11.1 Å². The molecule has 2 aromatic rings. The van der Waals surface area contributed by atoms with Crippen LogP contribution >= 0.6 is 35.6 Å². The van der Waals surface area contributed by atoms with E-state index >= 15 is 0 Å². The highest BCUT2D eigenvalue weighted by atomic mass is 127. The molecular formula is C21H28ClIN4O. The molecular weight excluding hydrogens is 487 g/mol. The van der Waals surface area contributed by atoms with E-state index in [9.17, 15) is 0 Å². The molecule has 3 rings (SSSR count). The number of halogens is 2. The Labute approximate surface area is 189 Å². The van der Waals surface area contributed by atoms with Crippen LogP contribution in [0, 0.1) is 0 Å². The smallest absolute Gasteiger partial charge is 0.193 e. The lowest BCUT2D eigenvalue weighted by molar-refractivity contribution is 0.122. The molecule has 1 aliphatic rings. The van der Waals surface area contributed by atoms with Crippen LogP contribution in [0.3, 0.4) is 0 Å². The third-order valence-electron chi connectivity index (χ3n) is 4.66. The normalized spacial score (nSPS) is 14.4. The third-order valence-corrected chi connectivity index (χ3v) is 4.90. The van der Waals surface area contributed by atoms with Crippen molar-refractivity contribution < 1.29 is 4.74 Å². The number of hydrogen-bond donors (Lipinski definition) is 1. The van der Waals surface area contributed by atoms with Gasteiger partial charge in [0, 0.05) is 51.0 Å². The van der Waals surface area contributed by atoms with E-state index in [1.165, 1.54) is 11.3 Å². The third kappa shape index (κ3) is 6.25. The molecule has 1 heterocycles. The number of anilines is 1. The van der Waals surface area contributed by atoms with E-state index in [-0.39, 0.29) is 24.0 Å².